The first-order chi connectivity index (χ1) is 10.2. The zero-order chi connectivity index (χ0) is 16.4. The SMILES string of the molecule is Cc1nc(-c2ccc(S(=O)(=O)CCCC(C)(C)C)cc2)cs1. The molecular formula is C17H23NO2S2. The van der Waals surface area contributed by atoms with Crippen LogP contribution in [0.15, 0.2) is 34.5 Å². The topological polar surface area (TPSA) is 47.0 Å². The molecule has 120 valence electrons. The summed E-state index contributed by atoms with van der Waals surface area (Å²) in [6.07, 6.45) is 1.60. The molecule has 0 N–H and O–H groups in total. The summed E-state index contributed by atoms with van der Waals surface area (Å²) in [6, 6.07) is 7.06. The summed E-state index contributed by atoms with van der Waals surface area (Å²) in [4.78, 5) is 4.82. The summed E-state index contributed by atoms with van der Waals surface area (Å²) in [5.74, 6) is 0.208. The number of rotatable bonds is 5. The van der Waals surface area contributed by atoms with Crippen molar-refractivity contribution in [2.45, 2.75) is 45.4 Å². The smallest absolute Gasteiger partial charge is 0.178 e. The number of hydrogen-bond acceptors (Lipinski definition) is 4. The van der Waals surface area contributed by atoms with Crippen molar-refractivity contribution in [1.82, 2.24) is 4.98 Å². The molecule has 1 aromatic heterocycles. The molecule has 1 heterocycles. The maximum atomic E-state index is 12.4. The monoisotopic (exact) mass is 337 g/mol. The Kier molecular flexibility index (Phi) is 5.07. The summed E-state index contributed by atoms with van der Waals surface area (Å²) in [5.41, 5.74) is 2.03. The minimum absolute atomic E-state index is 0.169. The Morgan fingerprint density at radius 1 is 1.14 bits per heavy atom. The second kappa shape index (κ2) is 6.50. The molecule has 2 rings (SSSR count). The lowest BCUT2D eigenvalue weighted by molar-refractivity contribution is 0.373. The van der Waals surface area contributed by atoms with E-state index in [1.807, 2.05) is 24.4 Å². The highest BCUT2D eigenvalue weighted by Gasteiger charge is 2.17. The number of aromatic nitrogens is 1. The van der Waals surface area contributed by atoms with Crippen LogP contribution < -0.4 is 0 Å². The lowest BCUT2D eigenvalue weighted by atomic mass is 9.91. The van der Waals surface area contributed by atoms with Crippen molar-refractivity contribution in [2.75, 3.05) is 5.75 Å². The van der Waals surface area contributed by atoms with E-state index in [0.717, 1.165) is 22.7 Å². The van der Waals surface area contributed by atoms with E-state index >= 15 is 0 Å². The second-order valence-electron chi connectivity index (χ2n) is 6.76. The van der Waals surface area contributed by atoms with Gasteiger partial charge >= 0.3 is 0 Å². The zero-order valence-electron chi connectivity index (χ0n) is 13.6. The minimum Gasteiger partial charge on any atom is -0.242 e. The van der Waals surface area contributed by atoms with Gasteiger partial charge in [0.2, 0.25) is 0 Å². The van der Waals surface area contributed by atoms with Crippen molar-refractivity contribution in [1.29, 1.82) is 0 Å². The third kappa shape index (κ3) is 4.65. The summed E-state index contributed by atoms with van der Waals surface area (Å²) in [6.45, 7) is 8.35. The van der Waals surface area contributed by atoms with Gasteiger partial charge in [-0.3, -0.25) is 0 Å². The molecule has 0 saturated carbocycles. The van der Waals surface area contributed by atoms with Gasteiger partial charge in [-0.25, -0.2) is 13.4 Å². The van der Waals surface area contributed by atoms with E-state index in [-0.39, 0.29) is 11.2 Å². The molecule has 2 aromatic rings. The van der Waals surface area contributed by atoms with Crippen molar-refractivity contribution < 1.29 is 8.42 Å². The highest BCUT2D eigenvalue weighted by Crippen LogP contribution is 2.25. The molecule has 0 aliphatic rings. The van der Waals surface area contributed by atoms with Crippen LogP contribution in [-0.4, -0.2) is 19.2 Å². The molecular weight excluding hydrogens is 314 g/mol. The summed E-state index contributed by atoms with van der Waals surface area (Å²) < 4.78 is 24.7. The van der Waals surface area contributed by atoms with Crippen LogP contribution in [0, 0.1) is 12.3 Å². The van der Waals surface area contributed by atoms with E-state index in [0.29, 0.717) is 11.3 Å². The van der Waals surface area contributed by atoms with Crippen LogP contribution in [0.4, 0.5) is 0 Å². The Morgan fingerprint density at radius 3 is 2.27 bits per heavy atom. The Bertz CT molecular complexity index is 723. The third-order valence-corrected chi connectivity index (χ3v) is 6.06. The van der Waals surface area contributed by atoms with Gasteiger partial charge < -0.3 is 0 Å². The molecule has 0 amide bonds. The predicted octanol–water partition coefficient (Wildman–Crippen LogP) is 4.72. The fraction of sp³-hybridized carbons (Fsp3) is 0.471. The Labute approximate surface area is 137 Å². The number of hydrogen-bond donors (Lipinski definition) is 0. The number of nitrogens with zero attached hydrogens (tertiary/aromatic N) is 1. The molecule has 5 heteroatoms. The number of aryl methyl sites for hydroxylation is 1. The number of sulfone groups is 1. The largest absolute Gasteiger partial charge is 0.242 e. The van der Waals surface area contributed by atoms with Crippen molar-refractivity contribution in [3.8, 4) is 11.3 Å². The fourth-order valence-corrected chi connectivity index (χ4v) is 4.17. The molecule has 0 saturated heterocycles. The van der Waals surface area contributed by atoms with E-state index in [1.54, 1.807) is 23.5 Å². The van der Waals surface area contributed by atoms with Crippen LogP contribution >= 0.6 is 11.3 Å². The van der Waals surface area contributed by atoms with Crippen LogP contribution in [0.3, 0.4) is 0 Å². The van der Waals surface area contributed by atoms with Crippen molar-refractivity contribution >= 4 is 21.2 Å². The van der Waals surface area contributed by atoms with Gasteiger partial charge in [-0.2, -0.15) is 0 Å². The lowest BCUT2D eigenvalue weighted by Gasteiger charge is -2.17. The highest BCUT2D eigenvalue weighted by molar-refractivity contribution is 7.91. The number of thiazole rings is 1. The maximum Gasteiger partial charge on any atom is 0.178 e. The van der Waals surface area contributed by atoms with Gasteiger partial charge in [0.05, 0.1) is 21.3 Å². The van der Waals surface area contributed by atoms with Crippen LogP contribution in [0.25, 0.3) is 11.3 Å². The standard InChI is InChI=1S/C17H23NO2S2/c1-13-18-16(12-21-13)14-6-8-15(9-7-14)22(19,20)11-5-10-17(2,3)4/h6-9,12H,5,10-11H2,1-4H3. The zero-order valence-corrected chi connectivity index (χ0v) is 15.2. The first-order valence-electron chi connectivity index (χ1n) is 7.43. The van der Waals surface area contributed by atoms with Gasteiger partial charge in [0.25, 0.3) is 0 Å². The van der Waals surface area contributed by atoms with Gasteiger partial charge in [0.15, 0.2) is 9.84 Å². The molecule has 0 atom stereocenters. The van der Waals surface area contributed by atoms with Crippen LogP contribution in [-0.2, 0) is 9.84 Å². The van der Waals surface area contributed by atoms with Gasteiger partial charge in [0, 0.05) is 10.9 Å². The Balaban J connectivity index is 2.09. The van der Waals surface area contributed by atoms with Gasteiger partial charge in [-0.15, -0.1) is 11.3 Å². The molecule has 1 aromatic carbocycles. The van der Waals surface area contributed by atoms with E-state index in [2.05, 4.69) is 25.8 Å². The van der Waals surface area contributed by atoms with E-state index in [1.165, 1.54) is 0 Å². The van der Waals surface area contributed by atoms with Crippen LogP contribution in [0.5, 0.6) is 0 Å². The number of benzene rings is 1. The summed E-state index contributed by atoms with van der Waals surface area (Å²) >= 11 is 1.59. The normalized spacial score (nSPS) is 12.5. The molecule has 0 radical (unpaired) electrons. The summed E-state index contributed by atoms with van der Waals surface area (Å²) in [7, 11) is -3.19. The van der Waals surface area contributed by atoms with E-state index in [9.17, 15) is 8.42 Å². The Hall–Kier alpha value is -1.20. The van der Waals surface area contributed by atoms with Crippen molar-refractivity contribution in [2.24, 2.45) is 5.41 Å². The van der Waals surface area contributed by atoms with Gasteiger partial charge in [-0.05, 0) is 37.3 Å². The minimum atomic E-state index is -3.19. The molecule has 0 fully saturated rings. The van der Waals surface area contributed by atoms with Crippen molar-refractivity contribution in [3.63, 3.8) is 0 Å². The van der Waals surface area contributed by atoms with E-state index in [4.69, 9.17) is 0 Å². The summed E-state index contributed by atoms with van der Waals surface area (Å²) in [5, 5.41) is 3.00. The van der Waals surface area contributed by atoms with Crippen molar-refractivity contribution in [3.05, 3.63) is 34.7 Å². The van der Waals surface area contributed by atoms with Gasteiger partial charge in [0.1, 0.15) is 0 Å². The first-order valence-corrected chi connectivity index (χ1v) is 9.96. The molecule has 3 nitrogen and oxygen atoms in total. The maximum absolute atomic E-state index is 12.4. The molecule has 0 aliphatic heterocycles. The highest BCUT2D eigenvalue weighted by atomic mass is 32.2. The average Bonchev–Trinajstić information content (AvgIpc) is 2.84. The average molecular weight is 338 g/mol. The quantitative estimate of drug-likeness (QED) is 0.793. The van der Waals surface area contributed by atoms with Crippen LogP contribution in [0.2, 0.25) is 0 Å². The molecule has 0 bridgehead atoms. The molecule has 0 spiro atoms. The molecule has 0 unspecified atom stereocenters. The first kappa shape index (κ1) is 17.2. The third-order valence-electron chi connectivity index (χ3n) is 3.47. The predicted molar refractivity (Wildman–Crippen MR) is 93.0 cm³/mol. The van der Waals surface area contributed by atoms with Crippen LogP contribution in [0.1, 0.15) is 38.6 Å². The van der Waals surface area contributed by atoms with Gasteiger partial charge in [-0.1, -0.05) is 32.9 Å². The second-order valence-corrected chi connectivity index (χ2v) is 9.93. The molecule has 0 aliphatic carbocycles. The fourth-order valence-electron chi connectivity index (χ4n) is 2.24. The molecule has 22 heavy (non-hydrogen) atoms. The lowest BCUT2D eigenvalue weighted by Crippen LogP contribution is -2.11. The Morgan fingerprint density at radius 2 is 1.77 bits per heavy atom. The van der Waals surface area contributed by atoms with E-state index < -0.39 is 9.84 Å².